The Kier molecular flexibility index (Phi) is 3.66. The van der Waals surface area contributed by atoms with Crippen LogP contribution in [0.4, 0.5) is 10.3 Å². The summed E-state index contributed by atoms with van der Waals surface area (Å²) in [6, 6.07) is 0.493. The van der Waals surface area contributed by atoms with Crippen LogP contribution in [0.5, 0.6) is 0 Å². The van der Waals surface area contributed by atoms with Gasteiger partial charge in [0.05, 0.1) is 12.4 Å². The van der Waals surface area contributed by atoms with E-state index in [4.69, 9.17) is 0 Å². The standard InChI is InChI=1S/C11H17FN4/c1-16(8-10-4-2-3-5-13-10)11-14-6-9(12)7-15-11/h6-7,10,13H,2-5,8H2,1H3. The van der Waals surface area contributed by atoms with Gasteiger partial charge in [-0.05, 0) is 19.4 Å². The molecule has 1 unspecified atom stereocenters. The average molecular weight is 224 g/mol. The third kappa shape index (κ3) is 2.88. The first-order valence-electron chi connectivity index (χ1n) is 5.68. The van der Waals surface area contributed by atoms with Crippen molar-refractivity contribution in [3.63, 3.8) is 0 Å². The van der Waals surface area contributed by atoms with Gasteiger partial charge in [-0.25, -0.2) is 14.4 Å². The number of likely N-dealkylation sites (N-methyl/N-ethyl adjacent to an activating group) is 1. The normalized spacial score (nSPS) is 20.8. The van der Waals surface area contributed by atoms with E-state index in [9.17, 15) is 4.39 Å². The number of nitrogens with zero attached hydrogens (tertiary/aromatic N) is 3. The lowest BCUT2D eigenvalue weighted by Gasteiger charge is -2.28. The minimum Gasteiger partial charge on any atom is -0.342 e. The van der Waals surface area contributed by atoms with Crippen LogP contribution in [0.15, 0.2) is 12.4 Å². The fourth-order valence-electron chi connectivity index (χ4n) is 1.99. The molecule has 5 heteroatoms. The van der Waals surface area contributed by atoms with Crippen LogP contribution >= 0.6 is 0 Å². The van der Waals surface area contributed by atoms with E-state index in [-0.39, 0.29) is 0 Å². The van der Waals surface area contributed by atoms with Crippen molar-refractivity contribution in [3.8, 4) is 0 Å². The van der Waals surface area contributed by atoms with Crippen molar-refractivity contribution in [3.05, 3.63) is 18.2 Å². The fraction of sp³-hybridized carbons (Fsp3) is 0.636. The van der Waals surface area contributed by atoms with Gasteiger partial charge in [0.15, 0.2) is 5.82 Å². The SMILES string of the molecule is CN(CC1CCCCN1)c1ncc(F)cn1. The second kappa shape index (κ2) is 5.21. The highest BCUT2D eigenvalue weighted by atomic mass is 19.1. The molecule has 0 spiro atoms. The minimum atomic E-state index is -0.395. The first-order chi connectivity index (χ1) is 7.75. The number of nitrogens with one attached hydrogen (secondary N) is 1. The van der Waals surface area contributed by atoms with E-state index in [2.05, 4.69) is 15.3 Å². The maximum absolute atomic E-state index is 12.7. The molecule has 0 aliphatic carbocycles. The van der Waals surface area contributed by atoms with Crippen molar-refractivity contribution in [2.24, 2.45) is 0 Å². The summed E-state index contributed by atoms with van der Waals surface area (Å²) in [5.74, 6) is 0.182. The van der Waals surface area contributed by atoms with Gasteiger partial charge in [-0.2, -0.15) is 0 Å². The van der Waals surface area contributed by atoms with Gasteiger partial charge in [-0.1, -0.05) is 6.42 Å². The molecule has 2 rings (SSSR count). The largest absolute Gasteiger partial charge is 0.342 e. The Bertz CT molecular complexity index is 321. The third-order valence-corrected chi connectivity index (χ3v) is 2.85. The second-order valence-electron chi connectivity index (χ2n) is 4.23. The molecule has 1 fully saturated rings. The number of anilines is 1. The van der Waals surface area contributed by atoms with Crippen LogP contribution < -0.4 is 10.2 Å². The molecule has 0 amide bonds. The molecule has 1 saturated heterocycles. The lowest BCUT2D eigenvalue weighted by molar-refractivity contribution is 0.402. The maximum atomic E-state index is 12.7. The van der Waals surface area contributed by atoms with E-state index in [1.54, 1.807) is 0 Å². The molecule has 0 radical (unpaired) electrons. The predicted molar refractivity (Wildman–Crippen MR) is 60.9 cm³/mol. The van der Waals surface area contributed by atoms with Crippen LogP contribution in [0.2, 0.25) is 0 Å². The van der Waals surface area contributed by atoms with Crippen molar-refractivity contribution in [1.29, 1.82) is 0 Å². The number of hydrogen-bond donors (Lipinski definition) is 1. The lowest BCUT2D eigenvalue weighted by atomic mass is 10.0. The summed E-state index contributed by atoms with van der Waals surface area (Å²) in [5.41, 5.74) is 0. The molecule has 16 heavy (non-hydrogen) atoms. The van der Waals surface area contributed by atoms with Gasteiger partial charge >= 0.3 is 0 Å². The highest BCUT2D eigenvalue weighted by Crippen LogP contribution is 2.10. The number of aromatic nitrogens is 2. The molecule has 88 valence electrons. The molecule has 4 nitrogen and oxygen atoms in total. The van der Waals surface area contributed by atoms with Crippen molar-refractivity contribution < 1.29 is 4.39 Å². The predicted octanol–water partition coefficient (Wildman–Crippen LogP) is 1.19. The molecule has 1 aromatic rings. The molecule has 0 bridgehead atoms. The molecule has 0 saturated carbocycles. The summed E-state index contributed by atoms with van der Waals surface area (Å²) < 4.78 is 12.7. The lowest BCUT2D eigenvalue weighted by Crippen LogP contribution is -2.42. The Labute approximate surface area is 94.9 Å². The summed E-state index contributed by atoms with van der Waals surface area (Å²) in [5, 5.41) is 3.46. The van der Waals surface area contributed by atoms with Crippen LogP contribution in [0.25, 0.3) is 0 Å². The van der Waals surface area contributed by atoms with Crippen molar-refractivity contribution in [1.82, 2.24) is 15.3 Å². The zero-order chi connectivity index (χ0) is 11.4. The van der Waals surface area contributed by atoms with Crippen LogP contribution in [-0.4, -0.2) is 36.1 Å². The Morgan fingerprint density at radius 1 is 1.44 bits per heavy atom. The van der Waals surface area contributed by atoms with Gasteiger partial charge in [0.25, 0.3) is 0 Å². The number of halogens is 1. The van der Waals surface area contributed by atoms with Crippen molar-refractivity contribution >= 4 is 5.95 Å². The van der Waals surface area contributed by atoms with Crippen LogP contribution in [0.1, 0.15) is 19.3 Å². The van der Waals surface area contributed by atoms with Crippen LogP contribution in [0, 0.1) is 5.82 Å². The maximum Gasteiger partial charge on any atom is 0.225 e. The van der Waals surface area contributed by atoms with E-state index in [0.29, 0.717) is 12.0 Å². The summed E-state index contributed by atoms with van der Waals surface area (Å²) in [4.78, 5) is 9.87. The summed E-state index contributed by atoms with van der Waals surface area (Å²) in [6.45, 7) is 1.95. The van der Waals surface area contributed by atoms with E-state index in [0.717, 1.165) is 13.1 Å². The van der Waals surface area contributed by atoms with Gasteiger partial charge in [0, 0.05) is 19.6 Å². The van der Waals surface area contributed by atoms with Gasteiger partial charge < -0.3 is 10.2 Å². The van der Waals surface area contributed by atoms with Crippen LogP contribution in [0.3, 0.4) is 0 Å². The quantitative estimate of drug-likeness (QED) is 0.837. The zero-order valence-electron chi connectivity index (χ0n) is 9.49. The smallest absolute Gasteiger partial charge is 0.225 e. The highest BCUT2D eigenvalue weighted by Gasteiger charge is 2.15. The van der Waals surface area contributed by atoms with E-state index in [1.807, 2.05) is 11.9 Å². The molecule has 1 atom stereocenters. The van der Waals surface area contributed by atoms with Crippen LogP contribution in [-0.2, 0) is 0 Å². The molecule has 2 heterocycles. The van der Waals surface area contributed by atoms with Gasteiger partial charge in [-0.3, -0.25) is 0 Å². The minimum absolute atomic E-state index is 0.395. The molecule has 1 N–H and O–H groups in total. The zero-order valence-corrected chi connectivity index (χ0v) is 9.49. The van der Waals surface area contributed by atoms with E-state index in [1.165, 1.54) is 31.7 Å². The number of hydrogen-bond acceptors (Lipinski definition) is 4. The van der Waals surface area contributed by atoms with Gasteiger partial charge in [0.2, 0.25) is 5.95 Å². The third-order valence-electron chi connectivity index (χ3n) is 2.85. The van der Waals surface area contributed by atoms with E-state index >= 15 is 0 Å². The van der Waals surface area contributed by atoms with Crippen molar-refractivity contribution in [2.75, 3.05) is 25.0 Å². The van der Waals surface area contributed by atoms with Gasteiger partial charge in [0.1, 0.15) is 0 Å². The Hall–Kier alpha value is -1.23. The fourth-order valence-corrected chi connectivity index (χ4v) is 1.99. The average Bonchev–Trinajstić information content (AvgIpc) is 2.31. The summed E-state index contributed by atoms with van der Waals surface area (Å²) in [7, 11) is 1.93. The van der Waals surface area contributed by atoms with Crippen molar-refractivity contribution in [2.45, 2.75) is 25.3 Å². The number of piperidine rings is 1. The summed E-state index contributed by atoms with van der Waals surface area (Å²) >= 11 is 0. The first-order valence-corrected chi connectivity index (χ1v) is 5.68. The molecular formula is C11H17FN4. The monoisotopic (exact) mass is 224 g/mol. The Morgan fingerprint density at radius 2 is 2.19 bits per heavy atom. The molecular weight excluding hydrogens is 207 g/mol. The summed E-state index contributed by atoms with van der Waals surface area (Å²) in [6.07, 6.45) is 6.12. The Balaban J connectivity index is 1.91. The highest BCUT2D eigenvalue weighted by molar-refractivity contribution is 5.27. The van der Waals surface area contributed by atoms with E-state index < -0.39 is 5.82 Å². The molecule has 1 aliphatic heterocycles. The Morgan fingerprint density at radius 3 is 2.81 bits per heavy atom. The van der Waals surface area contributed by atoms with Gasteiger partial charge in [-0.15, -0.1) is 0 Å². The topological polar surface area (TPSA) is 41.0 Å². The molecule has 0 aromatic carbocycles. The second-order valence-corrected chi connectivity index (χ2v) is 4.23. The molecule has 1 aliphatic rings. The number of rotatable bonds is 3. The molecule has 1 aromatic heterocycles. The first kappa shape index (κ1) is 11.3.